The average molecular weight is 971 g/mol. The molecule has 17 nitrogen and oxygen atoms in total. The number of sulfonamides is 1. The van der Waals surface area contributed by atoms with Gasteiger partial charge in [-0.1, -0.05) is 44.1 Å². The van der Waals surface area contributed by atoms with E-state index in [1.807, 2.05) is 25.3 Å². The van der Waals surface area contributed by atoms with Gasteiger partial charge in [-0.2, -0.15) is 0 Å². The lowest BCUT2D eigenvalue weighted by molar-refractivity contribution is -0.142. The van der Waals surface area contributed by atoms with Crippen LogP contribution in [0.4, 0.5) is 15.6 Å². The van der Waals surface area contributed by atoms with Crippen LogP contribution in [-0.4, -0.2) is 103 Å². The summed E-state index contributed by atoms with van der Waals surface area (Å²) < 4.78 is 48.3. The summed E-state index contributed by atoms with van der Waals surface area (Å²) in [6, 6.07) is 11.5. The molecule has 2 aromatic heterocycles. The Morgan fingerprint density at radius 1 is 1.00 bits per heavy atom. The molecule has 1 unspecified atom stereocenters. The minimum absolute atomic E-state index is 0.00593. The highest BCUT2D eigenvalue weighted by atomic mass is 32.2. The Morgan fingerprint density at radius 2 is 1.78 bits per heavy atom. The van der Waals surface area contributed by atoms with E-state index in [1.54, 1.807) is 78.1 Å². The molecule has 8 rings (SSSR count). The number of likely N-dealkylation sites (tertiary alicyclic amines) is 1. The monoisotopic (exact) mass is 970 g/mol. The summed E-state index contributed by atoms with van der Waals surface area (Å²) in [5.41, 5.74) is -0.150. The molecule has 364 valence electrons. The first-order valence-electron chi connectivity index (χ1n) is 23.3. The van der Waals surface area contributed by atoms with E-state index in [2.05, 4.69) is 32.1 Å². The predicted molar refractivity (Wildman–Crippen MR) is 260 cm³/mol. The number of fused-ring (bicyclic) bond motifs is 2. The largest absolute Gasteiger partial charge is 0.497 e. The Hall–Kier alpha value is -5.95. The van der Waals surface area contributed by atoms with Gasteiger partial charge < -0.3 is 40.4 Å². The number of carbonyl (C=O) groups excluding carboxylic acids is 4. The van der Waals surface area contributed by atoms with Crippen LogP contribution in [0.1, 0.15) is 93.4 Å². The molecule has 4 aliphatic rings. The van der Waals surface area contributed by atoms with Gasteiger partial charge in [-0.25, -0.2) is 27.9 Å². The number of pyridine rings is 1. The highest BCUT2D eigenvalue weighted by Gasteiger charge is 2.82. The highest BCUT2D eigenvalue weighted by molar-refractivity contribution is 7.90. The molecular weight excluding hydrogens is 909 g/mol. The van der Waals surface area contributed by atoms with E-state index in [4.69, 9.17) is 24.2 Å². The van der Waals surface area contributed by atoms with Crippen LogP contribution in [0.15, 0.2) is 70.5 Å². The van der Waals surface area contributed by atoms with Crippen LogP contribution >= 0.6 is 11.3 Å². The van der Waals surface area contributed by atoms with E-state index in [9.17, 15) is 22.8 Å². The maximum atomic E-state index is 15.1. The number of amides is 4. The van der Waals surface area contributed by atoms with Gasteiger partial charge in [-0.15, -0.1) is 11.3 Å². The molecule has 0 bridgehead atoms. The van der Waals surface area contributed by atoms with Crippen molar-refractivity contribution in [1.29, 1.82) is 0 Å². The quantitative estimate of drug-likeness (QED) is 0.0945. The first-order chi connectivity index (χ1) is 32.2. The molecule has 4 amide bonds. The van der Waals surface area contributed by atoms with Crippen molar-refractivity contribution >= 4 is 66.9 Å². The Bertz CT molecular complexity index is 2750. The van der Waals surface area contributed by atoms with E-state index in [0.717, 1.165) is 36.4 Å². The van der Waals surface area contributed by atoms with E-state index in [1.165, 1.54) is 22.3 Å². The van der Waals surface area contributed by atoms with Crippen molar-refractivity contribution in [3.63, 3.8) is 0 Å². The number of anilines is 2. The average Bonchev–Trinajstić information content (AvgIpc) is 3.94. The summed E-state index contributed by atoms with van der Waals surface area (Å²) in [7, 11) is -2.84. The third-order valence-electron chi connectivity index (χ3n) is 12.9. The maximum absolute atomic E-state index is 15.1. The van der Waals surface area contributed by atoms with Crippen LogP contribution in [0.5, 0.6) is 11.5 Å². The second-order valence-electron chi connectivity index (χ2n) is 19.8. The summed E-state index contributed by atoms with van der Waals surface area (Å²) in [5, 5.41) is 15.6. The number of benzene rings is 2. The number of aromatic nitrogens is 2. The number of ether oxygens (including phenoxy) is 3. The van der Waals surface area contributed by atoms with Gasteiger partial charge in [0, 0.05) is 47.3 Å². The van der Waals surface area contributed by atoms with Gasteiger partial charge in [0.25, 0.3) is 15.9 Å². The summed E-state index contributed by atoms with van der Waals surface area (Å²) in [4.78, 5) is 68.7. The lowest BCUT2D eigenvalue weighted by Crippen LogP contribution is -2.59. The fourth-order valence-electron chi connectivity index (χ4n) is 9.34. The smallest absolute Gasteiger partial charge is 0.408 e. The molecule has 1 saturated heterocycles. The molecule has 5 atom stereocenters. The Kier molecular flexibility index (Phi) is 13.5. The van der Waals surface area contributed by atoms with E-state index < -0.39 is 74.5 Å². The van der Waals surface area contributed by atoms with Gasteiger partial charge >= 0.3 is 6.09 Å². The fraction of sp³-hybridized carbons (Fsp3) is 0.510. The van der Waals surface area contributed by atoms with Crippen LogP contribution < -0.4 is 35.5 Å². The number of hydrogen-bond donors (Lipinski definition) is 5. The Balaban J connectivity index is 1.14. The van der Waals surface area contributed by atoms with Gasteiger partial charge in [0.15, 0.2) is 5.13 Å². The molecule has 68 heavy (non-hydrogen) atoms. The molecular formula is C49H62N8O9S2. The first kappa shape index (κ1) is 48.5. The Morgan fingerprint density at radius 3 is 2.51 bits per heavy atom. The predicted octanol–water partition coefficient (Wildman–Crippen LogP) is 7.15. The van der Waals surface area contributed by atoms with Crippen LogP contribution in [0.2, 0.25) is 0 Å². The molecule has 4 heterocycles. The summed E-state index contributed by atoms with van der Waals surface area (Å²) in [6.45, 7) is 13.3. The number of nitrogens with one attached hydrogen (secondary N) is 5. The van der Waals surface area contributed by atoms with E-state index in [-0.39, 0.29) is 30.3 Å². The zero-order chi connectivity index (χ0) is 48.8. The van der Waals surface area contributed by atoms with Crippen LogP contribution in [-0.2, 0) is 29.1 Å². The topological polar surface area (TPSA) is 219 Å². The Labute approximate surface area is 401 Å². The van der Waals surface area contributed by atoms with Crippen LogP contribution in [0.25, 0.3) is 22.3 Å². The standard InChI is InChI=1S/C49H62N8O9S2/c1-28(2)41(54-46(61)66-47(5,6)7)43(59)57-25-32(65-39-23-36(37-26-67-45(53-37)51-29(3)4)52-35-21-31(64-8)18-19-33(35)39)22-38(57)42(58)55-49-27-48(49)24-30(48)15-11-9-10-14-20-50-34-16-12-13-17-40(34)68(62,63)56-44(49)60/h12-13,15-19,21,23,26,28-29,32,38,41,50H,9-11,14,20,22,24-25,27H2,1-8H3,(H,51,53)(H,54,61)(H,55,58)(H,56,60)/b30-15-/t32-,38+,41+,48?,49+/m1/s1. The number of para-hydroxylation sites is 1. The van der Waals surface area contributed by atoms with Crippen molar-refractivity contribution in [2.75, 3.05) is 30.8 Å². The van der Waals surface area contributed by atoms with Crippen molar-refractivity contribution in [2.45, 2.75) is 134 Å². The van der Waals surface area contributed by atoms with Gasteiger partial charge in [-0.3, -0.25) is 14.4 Å². The van der Waals surface area contributed by atoms with Gasteiger partial charge in [0.1, 0.15) is 51.4 Å². The van der Waals surface area contributed by atoms with Gasteiger partial charge in [0.2, 0.25) is 11.8 Å². The second kappa shape index (κ2) is 18.9. The number of methoxy groups -OCH3 is 1. The number of rotatable bonds is 11. The zero-order valence-corrected chi connectivity index (χ0v) is 41.5. The normalized spacial score (nSPS) is 24.6. The third kappa shape index (κ3) is 10.1. The molecule has 1 spiro atoms. The van der Waals surface area contributed by atoms with Gasteiger partial charge in [0.05, 0.1) is 30.6 Å². The van der Waals surface area contributed by atoms with Crippen molar-refractivity contribution in [3.8, 4) is 22.9 Å². The fourth-order valence-corrected chi connectivity index (χ4v) is 11.4. The lowest BCUT2D eigenvalue weighted by Gasteiger charge is -2.31. The number of allylic oxidation sites excluding steroid dienone is 1. The minimum Gasteiger partial charge on any atom is -0.497 e. The molecule has 2 aliphatic heterocycles. The van der Waals surface area contributed by atoms with Crippen molar-refractivity contribution in [2.24, 2.45) is 11.3 Å². The molecule has 3 fully saturated rings. The minimum atomic E-state index is -4.41. The highest BCUT2D eigenvalue weighted by Crippen LogP contribution is 2.76. The van der Waals surface area contributed by atoms with Crippen molar-refractivity contribution < 1.29 is 41.8 Å². The van der Waals surface area contributed by atoms with Gasteiger partial charge in [-0.05, 0) is 96.9 Å². The summed E-state index contributed by atoms with van der Waals surface area (Å²) in [6.07, 6.45) is 4.67. The molecule has 2 aromatic carbocycles. The zero-order valence-electron chi connectivity index (χ0n) is 39.9. The number of carbonyl (C=O) groups is 4. The van der Waals surface area contributed by atoms with Crippen molar-refractivity contribution in [1.82, 2.24) is 30.2 Å². The van der Waals surface area contributed by atoms with Crippen LogP contribution in [0, 0.1) is 11.3 Å². The second-order valence-corrected chi connectivity index (χ2v) is 22.4. The third-order valence-corrected chi connectivity index (χ3v) is 15.0. The van der Waals surface area contributed by atoms with E-state index in [0.29, 0.717) is 52.4 Å². The number of hydrogen-bond acceptors (Lipinski definition) is 14. The molecule has 4 aromatic rings. The summed E-state index contributed by atoms with van der Waals surface area (Å²) >= 11 is 1.45. The summed E-state index contributed by atoms with van der Waals surface area (Å²) in [5.74, 6) is -1.49. The molecule has 2 aliphatic carbocycles. The lowest BCUT2D eigenvalue weighted by atomic mass is 10.0. The molecule has 5 N–H and O–H groups in total. The molecule has 2 saturated carbocycles. The van der Waals surface area contributed by atoms with E-state index >= 15 is 4.79 Å². The first-order valence-corrected chi connectivity index (χ1v) is 25.7. The molecule has 19 heteroatoms. The van der Waals surface area contributed by atoms with Crippen LogP contribution in [0.3, 0.4) is 0 Å². The maximum Gasteiger partial charge on any atom is 0.408 e. The molecule has 0 radical (unpaired) electrons. The number of nitrogens with zero attached hydrogens (tertiary/aromatic N) is 3. The SMILES string of the molecule is COc1ccc2c(O[C@@H]3C[C@@H](C(=O)N[C@]45CC46C/C6=C/CCCCCNc4ccccc4S(=O)(=O)NC5=O)N(C(=O)[C@@H](NC(=O)OC(C)(C)C)C(C)C)C3)cc(-c3csc(NC(C)C)n3)nc2c1. The number of thiazole rings is 1. The number of alkyl carbamates (subject to hydrolysis) is 1. The van der Waals surface area contributed by atoms with Crippen molar-refractivity contribution in [3.05, 3.63) is 65.6 Å².